The van der Waals surface area contributed by atoms with Crippen molar-refractivity contribution in [1.29, 1.82) is 0 Å². The number of nitrogens with one attached hydrogen (secondary N) is 1. The lowest BCUT2D eigenvalue weighted by atomic mass is 9.70. The molecule has 1 saturated carbocycles. The maximum atomic E-state index is 14.6. The SMILES string of the molecule is COc1nn(C)cc1C(=O)NS1(=O)=NC(=O)c2ccc3c(c2)N(Cc2ccc(Cl)cc2CCCCO3)C[C@@H]2CC[C@H]2[C@@H](OC)/C=C/[C@H](O)[C@H](C)C1. The maximum absolute atomic E-state index is 14.6. The van der Waals surface area contributed by atoms with E-state index in [0.29, 0.717) is 30.5 Å². The van der Waals surface area contributed by atoms with Crippen molar-refractivity contribution < 1.29 is 33.1 Å². The molecule has 0 saturated heterocycles. The van der Waals surface area contributed by atoms with E-state index in [1.54, 1.807) is 45.4 Å². The molecule has 6 atom stereocenters. The Morgan fingerprint density at radius 2 is 1.94 bits per heavy atom. The average Bonchev–Trinajstić information content (AvgIpc) is 3.47. The standard InChI is InChI=1S/C37H46ClN5O7S/c1-23-22-51(47,41-36(46)30-21-42(2)39-37(30)49-4)40-35(45)25-10-14-34-31(18-25)43(20-27-9-12-29(27)33(48-3)15-13-32(23)44)19-26-8-11-28(38)17-24(26)7-5-6-16-50-34/h8,10-11,13-15,17-18,21,23,27,29,32-33,44H,5-7,9,12,16,19-20,22H2,1-4H3,(H,40,41,45,46,47)/b15-13+/t23-,27+,29-,32+,33+,51?/m1/s1. The summed E-state index contributed by atoms with van der Waals surface area (Å²) in [5.74, 6) is -1.39. The Bertz CT molecular complexity index is 1920. The van der Waals surface area contributed by atoms with Gasteiger partial charge in [0.05, 0.1) is 37.4 Å². The molecule has 0 radical (unpaired) electrons. The summed E-state index contributed by atoms with van der Waals surface area (Å²) in [4.78, 5) is 29.8. The average molecular weight is 740 g/mol. The normalized spacial score (nSPS) is 27.7. The first-order valence-corrected chi connectivity index (χ1v) is 19.4. The predicted octanol–water partition coefficient (Wildman–Crippen LogP) is 5.37. The first-order chi connectivity index (χ1) is 24.5. The zero-order chi connectivity index (χ0) is 36.3. The second-order valence-electron chi connectivity index (χ2n) is 13.7. The second kappa shape index (κ2) is 15.8. The van der Waals surface area contributed by atoms with Crippen molar-refractivity contribution in [2.24, 2.45) is 29.2 Å². The van der Waals surface area contributed by atoms with Crippen LogP contribution >= 0.6 is 11.6 Å². The van der Waals surface area contributed by atoms with E-state index in [0.717, 1.165) is 43.4 Å². The summed E-state index contributed by atoms with van der Waals surface area (Å²) in [6, 6.07) is 11.1. The molecular weight excluding hydrogens is 694 g/mol. The molecule has 51 heavy (non-hydrogen) atoms. The quantitative estimate of drug-likeness (QED) is 0.338. The largest absolute Gasteiger partial charge is 0.491 e. The van der Waals surface area contributed by atoms with E-state index in [-0.39, 0.29) is 40.7 Å². The Hall–Kier alpha value is -3.91. The number of anilines is 1. The number of aliphatic hydroxyl groups excluding tert-OH is 1. The van der Waals surface area contributed by atoms with Gasteiger partial charge < -0.3 is 24.2 Å². The zero-order valence-corrected chi connectivity index (χ0v) is 31.0. The molecule has 1 aliphatic carbocycles. The fourth-order valence-electron chi connectivity index (χ4n) is 7.12. The van der Waals surface area contributed by atoms with E-state index in [9.17, 15) is 18.9 Å². The van der Waals surface area contributed by atoms with Gasteiger partial charge in [0.15, 0.2) is 0 Å². The van der Waals surface area contributed by atoms with Gasteiger partial charge in [-0.25, -0.2) is 4.21 Å². The van der Waals surface area contributed by atoms with E-state index in [2.05, 4.69) is 25.1 Å². The number of benzene rings is 2. The minimum Gasteiger partial charge on any atom is -0.491 e. The minimum atomic E-state index is -3.79. The number of rotatable bonds is 4. The highest BCUT2D eigenvalue weighted by Gasteiger charge is 2.38. The Morgan fingerprint density at radius 1 is 1.12 bits per heavy atom. The number of amides is 2. The van der Waals surface area contributed by atoms with E-state index in [1.165, 1.54) is 23.6 Å². The van der Waals surface area contributed by atoms with Crippen LogP contribution in [0, 0.1) is 17.8 Å². The third-order valence-corrected chi connectivity index (χ3v) is 12.3. The first-order valence-electron chi connectivity index (χ1n) is 17.3. The number of fused-ring (bicyclic) bond motifs is 3. The Balaban J connectivity index is 1.47. The van der Waals surface area contributed by atoms with Gasteiger partial charge in [0.1, 0.15) is 21.2 Å². The van der Waals surface area contributed by atoms with Crippen molar-refractivity contribution in [2.45, 2.75) is 57.8 Å². The Labute approximate surface area is 304 Å². The van der Waals surface area contributed by atoms with Gasteiger partial charge in [-0.1, -0.05) is 36.7 Å². The molecule has 3 aromatic rings. The zero-order valence-electron chi connectivity index (χ0n) is 29.4. The molecule has 1 aromatic heterocycles. The highest BCUT2D eigenvalue weighted by atomic mass is 35.5. The summed E-state index contributed by atoms with van der Waals surface area (Å²) < 4.78 is 40.2. The molecule has 6 rings (SSSR count). The van der Waals surface area contributed by atoms with Crippen molar-refractivity contribution in [2.75, 3.05) is 38.0 Å². The van der Waals surface area contributed by atoms with E-state index in [4.69, 9.17) is 25.8 Å². The van der Waals surface area contributed by atoms with Crippen molar-refractivity contribution in [3.05, 3.63) is 82.0 Å². The number of aryl methyl sites for hydroxylation is 2. The molecular formula is C37H46ClN5O7S. The van der Waals surface area contributed by atoms with Crippen LogP contribution in [-0.4, -0.2) is 76.2 Å². The summed E-state index contributed by atoms with van der Waals surface area (Å²) in [7, 11) is 0.864. The van der Waals surface area contributed by atoms with Gasteiger partial charge in [-0.2, -0.15) is 0 Å². The number of nitrogens with zero attached hydrogens (tertiary/aromatic N) is 4. The molecule has 3 heterocycles. The highest BCUT2D eigenvalue weighted by molar-refractivity contribution is 7.92. The third-order valence-electron chi connectivity index (χ3n) is 10.1. The maximum Gasteiger partial charge on any atom is 0.286 e. The van der Waals surface area contributed by atoms with E-state index in [1.807, 2.05) is 18.2 Å². The number of methoxy groups -OCH3 is 2. The monoisotopic (exact) mass is 739 g/mol. The molecule has 12 nitrogen and oxygen atoms in total. The number of hydrogen-bond donors (Lipinski definition) is 2. The Morgan fingerprint density at radius 3 is 2.69 bits per heavy atom. The van der Waals surface area contributed by atoms with Crippen molar-refractivity contribution in [1.82, 2.24) is 14.5 Å². The summed E-state index contributed by atoms with van der Waals surface area (Å²) >= 11 is 6.45. The van der Waals surface area contributed by atoms with Crippen LogP contribution in [-0.2, 0) is 34.7 Å². The van der Waals surface area contributed by atoms with Crippen molar-refractivity contribution >= 4 is 39.0 Å². The molecule has 2 bridgehead atoms. The second-order valence-corrected chi connectivity index (χ2v) is 16.1. The number of carbonyl (C=O) groups excluding carboxylic acids is 2. The lowest BCUT2D eigenvalue weighted by Crippen LogP contribution is -2.43. The van der Waals surface area contributed by atoms with Gasteiger partial charge in [-0.15, -0.1) is 9.46 Å². The summed E-state index contributed by atoms with van der Waals surface area (Å²) in [5, 5.41) is 16.0. The first kappa shape index (κ1) is 36.9. The molecule has 2 amide bonds. The van der Waals surface area contributed by atoms with Crippen LogP contribution in [0.2, 0.25) is 5.02 Å². The molecule has 274 valence electrons. The van der Waals surface area contributed by atoms with E-state index >= 15 is 0 Å². The molecule has 2 aromatic carbocycles. The van der Waals surface area contributed by atoms with Gasteiger partial charge in [-0.3, -0.25) is 19.0 Å². The molecule has 3 aliphatic rings. The topological polar surface area (TPSA) is 145 Å². The van der Waals surface area contributed by atoms with Crippen molar-refractivity contribution in [3.8, 4) is 11.6 Å². The fourth-order valence-corrected chi connectivity index (χ4v) is 9.20. The van der Waals surface area contributed by atoms with Crippen LogP contribution in [0.25, 0.3) is 0 Å². The fraction of sp³-hybridized carbons (Fsp3) is 0.486. The third kappa shape index (κ3) is 8.43. The van der Waals surface area contributed by atoms with Gasteiger partial charge >= 0.3 is 0 Å². The number of aromatic nitrogens is 2. The number of aliphatic hydroxyl groups is 1. The molecule has 1 fully saturated rings. The van der Waals surface area contributed by atoms with Gasteiger partial charge in [0.2, 0.25) is 5.88 Å². The summed E-state index contributed by atoms with van der Waals surface area (Å²) in [6.45, 7) is 3.39. The van der Waals surface area contributed by atoms with E-state index < -0.39 is 33.8 Å². The van der Waals surface area contributed by atoms with Crippen molar-refractivity contribution in [3.63, 3.8) is 0 Å². The van der Waals surface area contributed by atoms with Crippen LogP contribution in [0.15, 0.2) is 59.1 Å². The number of carbonyl (C=O) groups is 2. The smallest absolute Gasteiger partial charge is 0.286 e. The molecule has 2 aliphatic heterocycles. The number of halogens is 1. The minimum absolute atomic E-state index is 0.0292. The van der Waals surface area contributed by atoms with Gasteiger partial charge in [-0.05, 0) is 91.3 Å². The van der Waals surface area contributed by atoms with Crippen LogP contribution in [0.1, 0.15) is 64.4 Å². The summed E-state index contributed by atoms with van der Waals surface area (Å²) in [6.07, 6.45) is 8.21. The van der Waals surface area contributed by atoms with Crippen LogP contribution < -0.4 is 19.1 Å². The van der Waals surface area contributed by atoms with Crippen LogP contribution in [0.4, 0.5) is 5.69 Å². The Kier molecular flexibility index (Phi) is 11.4. The lowest BCUT2D eigenvalue weighted by Gasteiger charge is -2.43. The van der Waals surface area contributed by atoms with Crippen LogP contribution in [0.3, 0.4) is 0 Å². The lowest BCUT2D eigenvalue weighted by molar-refractivity contribution is 0.0126. The molecule has 2 N–H and O–H groups in total. The molecule has 0 spiro atoms. The van der Waals surface area contributed by atoms with Crippen LogP contribution in [0.5, 0.6) is 11.6 Å². The number of hydrogen-bond acceptors (Lipinski definition) is 9. The summed E-state index contributed by atoms with van der Waals surface area (Å²) in [5.41, 5.74) is 3.25. The molecule has 1 unspecified atom stereocenters. The highest BCUT2D eigenvalue weighted by Crippen LogP contribution is 2.42. The molecule has 14 heteroatoms. The number of ether oxygens (including phenoxy) is 3. The van der Waals surface area contributed by atoms with Gasteiger partial charge in [0.25, 0.3) is 11.8 Å². The predicted molar refractivity (Wildman–Crippen MR) is 196 cm³/mol. The van der Waals surface area contributed by atoms with Gasteiger partial charge in [0, 0.05) is 44.0 Å².